The maximum Gasteiger partial charge on any atom is 0.411 e. The molecular formula is C10H10F3N3S. The summed E-state index contributed by atoms with van der Waals surface area (Å²) >= 11 is 4.75. The van der Waals surface area contributed by atoms with E-state index in [1.165, 1.54) is 18.3 Å². The van der Waals surface area contributed by atoms with Gasteiger partial charge in [0, 0.05) is 6.20 Å². The number of nitrogens with zero attached hydrogens (tertiary/aromatic N) is 1. The van der Waals surface area contributed by atoms with Gasteiger partial charge in [-0.25, -0.2) is 0 Å². The number of halogens is 3. The number of rotatable bonds is 3. The summed E-state index contributed by atoms with van der Waals surface area (Å²) in [4.78, 5) is 3.85. The summed E-state index contributed by atoms with van der Waals surface area (Å²) in [5, 5.41) is 2.46. The average Bonchev–Trinajstić information content (AvgIpc) is 2.98. The average molecular weight is 261 g/mol. The minimum absolute atomic E-state index is 0.0222. The molecule has 0 amide bonds. The number of nitrogens with two attached hydrogens (primary N) is 1. The zero-order valence-electron chi connectivity index (χ0n) is 8.71. The van der Waals surface area contributed by atoms with E-state index < -0.39 is 11.7 Å². The fourth-order valence-electron chi connectivity index (χ4n) is 1.56. The SMILES string of the molecule is NC(=S)c1ncccc1NC1(C(F)(F)F)CC1. The van der Waals surface area contributed by atoms with Gasteiger partial charge in [0.1, 0.15) is 16.2 Å². The highest BCUT2D eigenvalue weighted by atomic mass is 32.1. The Balaban J connectivity index is 2.29. The van der Waals surface area contributed by atoms with E-state index in [1.807, 2.05) is 0 Å². The molecule has 1 aliphatic rings. The van der Waals surface area contributed by atoms with E-state index in [9.17, 15) is 13.2 Å². The molecule has 2 rings (SSSR count). The number of thiocarbonyl (C=S) groups is 1. The first kappa shape index (κ1) is 12.1. The lowest BCUT2D eigenvalue weighted by Crippen LogP contribution is -2.39. The van der Waals surface area contributed by atoms with Gasteiger partial charge >= 0.3 is 6.18 Å². The van der Waals surface area contributed by atoms with E-state index in [0.29, 0.717) is 0 Å². The predicted octanol–water partition coefficient (Wildman–Crippen LogP) is 2.22. The highest BCUT2D eigenvalue weighted by Crippen LogP contribution is 2.51. The zero-order valence-corrected chi connectivity index (χ0v) is 9.53. The fraction of sp³-hybridized carbons (Fsp3) is 0.400. The summed E-state index contributed by atoms with van der Waals surface area (Å²) in [6, 6.07) is 3.03. The lowest BCUT2D eigenvalue weighted by molar-refractivity contribution is -0.151. The Bertz CT molecular complexity index is 454. The standard InChI is InChI=1S/C10H10F3N3S/c11-10(12,13)9(3-4-9)16-6-2-1-5-15-7(6)8(14)17/h1-2,5,16H,3-4H2,(H2,14,17). The van der Waals surface area contributed by atoms with Crippen LogP contribution in [0, 0.1) is 0 Å². The summed E-state index contributed by atoms with van der Waals surface area (Å²) in [6.07, 6.45) is -2.73. The molecule has 1 heterocycles. The molecule has 0 bridgehead atoms. The van der Waals surface area contributed by atoms with Gasteiger partial charge in [-0.05, 0) is 25.0 Å². The number of alkyl halides is 3. The van der Waals surface area contributed by atoms with Crippen LogP contribution in [-0.2, 0) is 0 Å². The lowest BCUT2D eigenvalue weighted by Gasteiger charge is -2.22. The largest absolute Gasteiger partial charge is 0.411 e. The Hall–Kier alpha value is -1.37. The summed E-state index contributed by atoms with van der Waals surface area (Å²) in [6.45, 7) is 0. The molecule has 1 saturated carbocycles. The van der Waals surface area contributed by atoms with Crippen molar-refractivity contribution in [1.29, 1.82) is 0 Å². The summed E-state index contributed by atoms with van der Waals surface area (Å²) < 4.78 is 38.3. The molecule has 3 nitrogen and oxygen atoms in total. The Labute approximate surface area is 101 Å². The van der Waals surface area contributed by atoms with Crippen LogP contribution in [0.3, 0.4) is 0 Å². The number of aromatic nitrogens is 1. The highest BCUT2D eigenvalue weighted by Gasteiger charge is 2.63. The molecule has 0 aliphatic heterocycles. The van der Waals surface area contributed by atoms with Gasteiger partial charge in [0.25, 0.3) is 0 Å². The van der Waals surface area contributed by atoms with Crippen molar-refractivity contribution in [2.45, 2.75) is 24.6 Å². The molecule has 1 aliphatic carbocycles. The number of pyridine rings is 1. The van der Waals surface area contributed by atoms with E-state index in [4.69, 9.17) is 18.0 Å². The van der Waals surface area contributed by atoms with Crippen LogP contribution >= 0.6 is 12.2 Å². The maximum atomic E-state index is 12.8. The van der Waals surface area contributed by atoms with Crippen LogP contribution in [0.15, 0.2) is 18.3 Å². The molecule has 0 radical (unpaired) electrons. The van der Waals surface area contributed by atoms with E-state index in [0.717, 1.165) is 0 Å². The van der Waals surface area contributed by atoms with Gasteiger partial charge in [-0.1, -0.05) is 12.2 Å². The van der Waals surface area contributed by atoms with Crippen LogP contribution in [0.4, 0.5) is 18.9 Å². The van der Waals surface area contributed by atoms with Gasteiger partial charge < -0.3 is 11.1 Å². The summed E-state index contributed by atoms with van der Waals surface area (Å²) in [5.41, 5.74) is 4.00. The first-order chi connectivity index (χ1) is 7.86. The number of hydrogen-bond donors (Lipinski definition) is 2. The second kappa shape index (κ2) is 3.83. The predicted molar refractivity (Wildman–Crippen MR) is 61.8 cm³/mol. The van der Waals surface area contributed by atoms with Gasteiger partial charge in [-0.15, -0.1) is 0 Å². The first-order valence-electron chi connectivity index (χ1n) is 4.95. The van der Waals surface area contributed by atoms with Crippen molar-refractivity contribution in [2.75, 3.05) is 5.32 Å². The summed E-state index contributed by atoms with van der Waals surface area (Å²) in [5.74, 6) is 0. The van der Waals surface area contributed by atoms with Crippen LogP contribution in [0.5, 0.6) is 0 Å². The molecule has 0 unspecified atom stereocenters. The molecule has 1 fully saturated rings. The van der Waals surface area contributed by atoms with Crippen molar-refractivity contribution >= 4 is 22.9 Å². The smallest absolute Gasteiger partial charge is 0.388 e. The normalized spacial score (nSPS) is 17.6. The second-order valence-electron chi connectivity index (χ2n) is 3.97. The van der Waals surface area contributed by atoms with E-state index in [1.54, 1.807) is 0 Å². The van der Waals surface area contributed by atoms with E-state index in [-0.39, 0.29) is 29.2 Å². The second-order valence-corrected chi connectivity index (χ2v) is 4.41. The topological polar surface area (TPSA) is 50.9 Å². The number of nitrogens with one attached hydrogen (secondary N) is 1. The third-order valence-corrected chi connectivity index (χ3v) is 2.90. The molecule has 17 heavy (non-hydrogen) atoms. The Morgan fingerprint density at radius 3 is 2.59 bits per heavy atom. The zero-order chi connectivity index (χ0) is 12.7. The van der Waals surface area contributed by atoms with Crippen LogP contribution in [0.2, 0.25) is 0 Å². The monoisotopic (exact) mass is 261 g/mol. The molecule has 92 valence electrons. The third kappa shape index (κ3) is 2.19. The van der Waals surface area contributed by atoms with Crippen LogP contribution in [0.1, 0.15) is 18.5 Å². The first-order valence-corrected chi connectivity index (χ1v) is 5.36. The molecule has 0 aromatic carbocycles. The van der Waals surface area contributed by atoms with Crippen molar-refractivity contribution in [3.05, 3.63) is 24.0 Å². The molecular weight excluding hydrogens is 251 g/mol. The fourth-order valence-corrected chi connectivity index (χ4v) is 1.73. The lowest BCUT2D eigenvalue weighted by atomic mass is 10.2. The molecule has 0 spiro atoms. The van der Waals surface area contributed by atoms with Gasteiger partial charge in [-0.2, -0.15) is 13.2 Å². The third-order valence-electron chi connectivity index (χ3n) is 2.71. The number of hydrogen-bond acceptors (Lipinski definition) is 3. The number of anilines is 1. The van der Waals surface area contributed by atoms with Crippen molar-refractivity contribution in [3.63, 3.8) is 0 Å². The van der Waals surface area contributed by atoms with Crippen molar-refractivity contribution in [2.24, 2.45) is 5.73 Å². The van der Waals surface area contributed by atoms with Gasteiger partial charge in [0.05, 0.1) is 5.69 Å². The quantitative estimate of drug-likeness (QED) is 0.819. The molecule has 0 atom stereocenters. The minimum atomic E-state index is -4.28. The molecule has 1 aromatic rings. The van der Waals surface area contributed by atoms with Crippen LogP contribution in [0.25, 0.3) is 0 Å². The van der Waals surface area contributed by atoms with E-state index >= 15 is 0 Å². The molecule has 0 saturated heterocycles. The van der Waals surface area contributed by atoms with Crippen molar-refractivity contribution in [3.8, 4) is 0 Å². The van der Waals surface area contributed by atoms with Gasteiger partial charge in [-0.3, -0.25) is 4.98 Å². The maximum absolute atomic E-state index is 12.8. The van der Waals surface area contributed by atoms with Crippen LogP contribution < -0.4 is 11.1 Å². The van der Waals surface area contributed by atoms with E-state index in [2.05, 4.69) is 10.3 Å². The highest BCUT2D eigenvalue weighted by molar-refractivity contribution is 7.80. The van der Waals surface area contributed by atoms with Gasteiger partial charge in [0.15, 0.2) is 0 Å². The Morgan fingerprint density at radius 1 is 1.47 bits per heavy atom. The van der Waals surface area contributed by atoms with Crippen LogP contribution in [-0.4, -0.2) is 21.7 Å². The Kier molecular flexibility index (Phi) is 2.73. The summed E-state index contributed by atoms with van der Waals surface area (Å²) in [7, 11) is 0. The molecule has 1 aromatic heterocycles. The molecule has 3 N–H and O–H groups in total. The minimum Gasteiger partial charge on any atom is -0.388 e. The van der Waals surface area contributed by atoms with Crippen molar-refractivity contribution < 1.29 is 13.2 Å². The van der Waals surface area contributed by atoms with Gasteiger partial charge in [0.2, 0.25) is 0 Å². The van der Waals surface area contributed by atoms with Crippen molar-refractivity contribution in [1.82, 2.24) is 4.98 Å². The molecule has 7 heteroatoms. The Morgan fingerprint density at radius 2 is 2.12 bits per heavy atom.